The summed E-state index contributed by atoms with van der Waals surface area (Å²) in [6.07, 6.45) is 2.43. The van der Waals surface area contributed by atoms with Crippen LogP contribution in [0.2, 0.25) is 5.02 Å². The van der Waals surface area contributed by atoms with E-state index in [1.54, 1.807) is 12.3 Å². The van der Waals surface area contributed by atoms with Gasteiger partial charge in [0, 0.05) is 0 Å². The Kier molecular flexibility index (Phi) is 6.69. The van der Waals surface area contributed by atoms with Gasteiger partial charge in [-0.25, -0.2) is 4.39 Å². The van der Waals surface area contributed by atoms with Gasteiger partial charge in [-0.2, -0.15) is 8.42 Å². The number of benzene rings is 1. The van der Waals surface area contributed by atoms with Crippen molar-refractivity contribution in [1.82, 2.24) is 0 Å². The first kappa shape index (κ1) is 16.4. The van der Waals surface area contributed by atoms with Crippen LogP contribution in [0, 0.1) is 11.2 Å². The first-order valence-electron chi connectivity index (χ1n) is 4.16. The minimum Gasteiger partial charge on any atom is -0.293 e. The molecule has 0 spiro atoms. The molecule has 17 heavy (non-hydrogen) atoms. The SMILES string of the molecule is CS(=O)(=O)O.CSC(=N)c1c(F)cccc1Cl. The quantitative estimate of drug-likeness (QED) is 0.475. The average molecular weight is 300 g/mol. The Balaban J connectivity index is 0.000000437. The van der Waals surface area contributed by atoms with E-state index >= 15 is 0 Å². The first-order valence-corrected chi connectivity index (χ1v) is 7.61. The molecule has 0 aliphatic carbocycles. The standard InChI is InChI=1S/C8H7ClFNS.CH4O3S/c1-12-8(11)7-5(9)3-2-4-6(7)10;1-5(2,3)4/h2-4,11H,1H3;1H3,(H,2,3,4). The van der Waals surface area contributed by atoms with Gasteiger partial charge in [0.25, 0.3) is 10.1 Å². The number of thioether (sulfide) groups is 1. The maximum atomic E-state index is 13.0. The lowest BCUT2D eigenvalue weighted by atomic mass is 10.2. The molecule has 0 aliphatic rings. The van der Waals surface area contributed by atoms with Crippen molar-refractivity contribution in [2.45, 2.75) is 0 Å². The van der Waals surface area contributed by atoms with E-state index in [2.05, 4.69) is 0 Å². The highest BCUT2D eigenvalue weighted by Gasteiger charge is 2.10. The number of halogens is 2. The maximum absolute atomic E-state index is 13.0. The van der Waals surface area contributed by atoms with Crippen LogP contribution >= 0.6 is 23.4 Å². The molecule has 0 aliphatic heterocycles. The Morgan fingerprint density at radius 2 is 2.00 bits per heavy atom. The molecule has 0 saturated heterocycles. The van der Waals surface area contributed by atoms with Crippen LogP contribution in [-0.2, 0) is 10.1 Å². The summed E-state index contributed by atoms with van der Waals surface area (Å²) in [5.41, 5.74) is 0.187. The van der Waals surface area contributed by atoms with E-state index in [1.807, 2.05) is 0 Å². The lowest BCUT2D eigenvalue weighted by Crippen LogP contribution is -1.97. The molecule has 0 atom stereocenters. The molecule has 0 aromatic heterocycles. The third kappa shape index (κ3) is 7.32. The normalized spacial score (nSPS) is 10.4. The summed E-state index contributed by atoms with van der Waals surface area (Å²) in [6, 6.07) is 4.39. The average Bonchev–Trinajstić information content (AvgIpc) is 2.14. The molecule has 2 N–H and O–H groups in total. The highest BCUT2D eigenvalue weighted by Crippen LogP contribution is 2.22. The molecule has 0 fully saturated rings. The molecule has 0 radical (unpaired) electrons. The summed E-state index contributed by atoms with van der Waals surface area (Å²) in [5.74, 6) is -0.443. The zero-order chi connectivity index (χ0) is 13.6. The fourth-order valence-electron chi connectivity index (χ4n) is 0.817. The van der Waals surface area contributed by atoms with Crippen LogP contribution in [0.5, 0.6) is 0 Å². The van der Waals surface area contributed by atoms with E-state index in [0.29, 0.717) is 6.26 Å². The van der Waals surface area contributed by atoms with Crippen LogP contribution in [-0.4, -0.2) is 30.5 Å². The van der Waals surface area contributed by atoms with Crippen LogP contribution < -0.4 is 0 Å². The van der Waals surface area contributed by atoms with Crippen LogP contribution in [0.15, 0.2) is 18.2 Å². The predicted molar refractivity (Wildman–Crippen MR) is 69.2 cm³/mol. The molecule has 0 bridgehead atoms. The fourth-order valence-corrected chi connectivity index (χ4v) is 1.54. The summed E-state index contributed by atoms with van der Waals surface area (Å²) < 4.78 is 38.9. The smallest absolute Gasteiger partial charge is 0.261 e. The summed E-state index contributed by atoms with van der Waals surface area (Å²) >= 11 is 6.87. The van der Waals surface area contributed by atoms with Crippen molar-refractivity contribution in [3.63, 3.8) is 0 Å². The van der Waals surface area contributed by atoms with Crippen molar-refractivity contribution < 1.29 is 17.4 Å². The van der Waals surface area contributed by atoms with Gasteiger partial charge in [0.05, 0.1) is 21.9 Å². The highest BCUT2D eigenvalue weighted by atomic mass is 35.5. The molecule has 96 valence electrons. The monoisotopic (exact) mass is 299 g/mol. The zero-order valence-corrected chi connectivity index (χ0v) is 11.5. The van der Waals surface area contributed by atoms with Gasteiger partial charge < -0.3 is 0 Å². The van der Waals surface area contributed by atoms with E-state index in [1.165, 1.54) is 23.9 Å². The Bertz CT molecular complexity index is 477. The Labute approximate surface area is 108 Å². The van der Waals surface area contributed by atoms with Crippen LogP contribution in [0.1, 0.15) is 5.56 Å². The summed E-state index contributed by atoms with van der Waals surface area (Å²) in [4.78, 5) is 0. The molecule has 8 heteroatoms. The predicted octanol–water partition coefficient (Wildman–Crippen LogP) is 2.67. The lowest BCUT2D eigenvalue weighted by Gasteiger charge is -2.03. The second-order valence-electron chi connectivity index (χ2n) is 2.86. The van der Waals surface area contributed by atoms with Gasteiger partial charge in [0.15, 0.2) is 0 Å². The molecule has 1 rings (SSSR count). The molecule has 0 amide bonds. The van der Waals surface area contributed by atoms with Crippen molar-refractivity contribution in [3.05, 3.63) is 34.6 Å². The molecule has 0 unspecified atom stereocenters. The molecular weight excluding hydrogens is 289 g/mol. The number of nitrogens with one attached hydrogen (secondary N) is 1. The van der Waals surface area contributed by atoms with Crippen LogP contribution in [0.4, 0.5) is 4.39 Å². The van der Waals surface area contributed by atoms with Crippen LogP contribution in [0.3, 0.4) is 0 Å². The first-order chi connectivity index (χ1) is 7.66. The maximum Gasteiger partial charge on any atom is 0.261 e. The summed E-state index contributed by atoms with van der Waals surface area (Å²) in [7, 11) is -3.67. The second-order valence-corrected chi connectivity index (χ2v) is 5.55. The van der Waals surface area contributed by atoms with Crippen molar-refractivity contribution in [3.8, 4) is 0 Å². The minimum atomic E-state index is -3.67. The van der Waals surface area contributed by atoms with Crippen molar-refractivity contribution >= 4 is 38.5 Å². The molecule has 4 nitrogen and oxygen atoms in total. The molecule has 1 aromatic carbocycles. The van der Waals surface area contributed by atoms with Gasteiger partial charge in [-0.15, -0.1) is 11.8 Å². The van der Waals surface area contributed by atoms with Gasteiger partial charge in [0.2, 0.25) is 0 Å². The van der Waals surface area contributed by atoms with E-state index in [4.69, 9.17) is 21.6 Å². The summed E-state index contributed by atoms with van der Waals surface area (Å²) in [5, 5.41) is 7.84. The number of hydrogen-bond acceptors (Lipinski definition) is 4. The Hall–Kier alpha value is -0.630. The number of rotatable bonds is 1. The van der Waals surface area contributed by atoms with Gasteiger partial charge in [0.1, 0.15) is 5.82 Å². The lowest BCUT2D eigenvalue weighted by molar-refractivity contribution is 0.490. The molecule has 0 heterocycles. The van der Waals surface area contributed by atoms with Gasteiger partial charge >= 0.3 is 0 Å². The second kappa shape index (κ2) is 6.95. The van der Waals surface area contributed by atoms with E-state index in [9.17, 15) is 12.8 Å². The molecule has 0 saturated carbocycles. The third-order valence-electron chi connectivity index (χ3n) is 1.39. The van der Waals surface area contributed by atoms with Gasteiger partial charge in [-0.05, 0) is 18.4 Å². The Morgan fingerprint density at radius 3 is 2.35 bits per heavy atom. The van der Waals surface area contributed by atoms with Crippen LogP contribution in [0.25, 0.3) is 0 Å². The Morgan fingerprint density at radius 1 is 1.53 bits per heavy atom. The van der Waals surface area contributed by atoms with Crippen molar-refractivity contribution in [2.24, 2.45) is 0 Å². The van der Waals surface area contributed by atoms with Crippen molar-refractivity contribution in [1.29, 1.82) is 5.41 Å². The number of hydrogen-bond donors (Lipinski definition) is 2. The summed E-state index contributed by atoms with van der Waals surface area (Å²) in [6.45, 7) is 0. The minimum absolute atomic E-state index is 0.151. The molecule has 1 aromatic rings. The fraction of sp³-hybridized carbons (Fsp3) is 0.222. The zero-order valence-electron chi connectivity index (χ0n) is 9.07. The van der Waals surface area contributed by atoms with Crippen molar-refractivity contribution in [2.75, 3.05) is 12.5 Å². The third-order valence-corrected chi connectivity index (χ3v) is 2.32. The van der Waals surface area contributed by atoms with E-state index < -0.39 is 15.9 Å². The van der Waals surface area contributed by atoms with E-state index in [-0.39, 0.29) is 15.6 Å². The molecular formula is C9H11ClFNO3S2. The van der Waals surface area contributed by atoms with E-state index in [0.717, 1.165) is 0 Å². The topological polar surface area (TPSA) is 78.2 Å². The van der Waals surface area contributed by atoms with Gasteiger partial charge in [-0.3, -0.25) is 9.96 Å². The van der Waals surface area contributed by atoms with Gasteiger partial charge in [-0.1, -0.05) is 17.7 Å². The highest BCUT2D eigenvalue weighted by molar-refractivity contribution is 8.13. The largest absolute Gasteiger partial charge is 0.293 e.